The van der Waals surface area contributed by atoms with E-state index in [4.69, 9.17) is 11.1 Å². The quantitative estimate of drug-likeness (QED) is 0.505. The Bertz CT molecular complexity index is 683. The van der Waals surface area contributed by atoms with E-state index in [0.717, 1.165) is 23.9 Å². The summed E-state index contributed by atoms with van der Waals surface area (Å²) in [5, 5.41) is 7.41. The third-order valence-corrected chi connectivity index (χ3v) is 3.69. The number of benzene rings is 2. The van der Waals surface area contributed by atoms with Gasteiger partial charge < -0.3 is 5.73 Å². The third kappa shape index (κ3) is 3.75. The Balaban J connectivity index is 2.42. The predicted octanol–water partition coefficient (Wildman–Crippen LogP) is 4.28. The van der Waals surface area contributed by atoms with Crippen molar-refractivity contribution in [2.45, 2.75) is 16.0 Å². The molecule has 0 atom stereocenters. The molecular weight excluding hydrogens is 304 g/mol. The number of hydrogen-bond donors (Lipinski definition) is 2. The smallest absolute Gasteiger partial charge is 0.384 e. The molecule has 0 radical (unpaired) electrons. The number of nitrogens with one attached hydrogen (secondary N) is 1. The van der Waals surface area contributed by atoms with E-state index in [1.807, 2.05) is 0 Å². The highest BCUT2D eigenvalue weighted by molar-refractivity contribution is 7.99. The van der Waals surface area contributed by atoms with Gasteiger partial charge >= 0.3 is 6.18 Å². The Kier molecular flexibility index (Phi) is 4.22. The molecule has 0 heterocycles. The standard InChI is InChI=1S/C14H10F4N2S/c15-9-2-1-3-10(7-9)21-12-5-4-8(14(16,17)18)6-11(12)13(19)20/h1-7H,(H3,19,20). The van der Waals surface area contributed by atoms with Crippen molar-refractivity contribution in [2.24, 2.45) is 5.73 Å². The van der Waals surface area contributed by atoms with E-state index >= 15 is 0 Å². The fourth-order valence-corrected chi connectivity index (χ4v) is 2.65. The molecule has 0 aliphatic rings. The second kappa shape index (κ2) is 5.77. The average molecular weight is 314 g/mol. The Labute approximate surface area is 122 Å². The molecule has 0 saturated carbocycles. The Hall–Kier alpha value is -2.02. The van der Waals surface area contributed by atoms with E-state index in [9.17, 15) is 17.6 Å². The van der Waals surface area contributed by atoms with Crippen molar-refractivity contribution < 1.29 is 17.6 Å². The number of rotatable bonds is 3. The maximum Gasteiger partial charge on any atom is 0.416 e. The molecule has 21 heavy (non-hydrogen) atoms. The normalized spacial score (nSPS) is 11.4. The fraction of sp³-hybridized carbons (Fsp3) is 0.0714. The topological polar surface area (TPSA) is 49.9 Å². The Morgan fingerprint density at radius 1 is 1.10 bits per heavy atom. The molecule has 0 spiro atoms. The van der Waals surface area contributed by atoms with Crippen molar-refractivity contribution in [2.75, 3.05) is 0 Å². The zero-order valence-electron chi connectivity index (χ0n) is 10.5. The lowest BCUT2D eigenvalue weighted by molar-refractivity contribution is -0.137. The molecule has 3 N–H and O–H groups in total. The van der Waals surface area contributed by atoms with Gasteiger partial charge in [0.2, 0.25) is 0 Å². The van der Waals surface area contributed by atoms with Crippen LogP contribution in [0.3, 0.4) is 0 Å². The van der Waals surface area contributed by atoms with Crippen LogP contribution in [0.2, 0.25) is 0 Å². The van der Waals surface area contributed by atoms with Crippen molar-refractivity contribution in [1.29, 1.82) is 5.41 Å². The largest absolute Gasteiger partial charge is 0.416 e. The van der Waals surface area contributed by atoms with Gasteiger partial charge in [-0.3, -0.25) is 5.41 Å². The molecule has 0 aromatic heterocycles. The minimum absolute atomic E-state index is 0.0286. The number of alkyl halides is 3. The van der Waals surface area contributed by atoms with Crippen LogP contribution in [-0.2, 0) is 6.18 Å². The lowest BCUT2D eigenvalue weighted by Gasteiger charge is -2.12. The number of halogens is 4. The van der Waals surface area contributed by atoms with Crippen LogP contribution < -0.4 is 5.73 Å². The van der Waals surface area contributed by atoms with Crippen molar-refractivity contribution >= 4 is 17.6 Å². The fourth-order valence-electron chi connectivity index (χ4n) is 1.66. The highest BCUT2D eigenvalue weighted by atomic mass is 32.2. The summed E-state index contributed by atoms with van der Waals surface area (Å²) < 4.78 is 51.1. The van der Waals surface area contributed by atoms with Crippen LogP contribution in [0.25, 0.3) is 0 Å². The molecule has 0 aliphatic carbocycles. The van der Waals surface area contributed by atoms with E-state index in [1.165, 1.54) is 24.3 Å². The summed E-state index contributed by atoms with van der Waals surface area (Å²) in [7, 11) is 0. The van der Waals surface area contributed by atoms with Crippen LogP contribution >= 0.6 is 11.8 Å². The first kappa shape index (κ1) is 15.4. The van der Waals surface area contributed by atoms with Crippen molar-refractivity contribution in [3.63, 3.8) is 0 Å². The first-order chi connectivity index (χ1) is 9.77. The molecule has 0 bridgehead atoms. The highest BCUT2D eigenvalue weighted by Gasteiger charge is 2.31. The van der Waals surface area contributed by atoms with Crippen LogP contribution in [-0.4, -0.2) is 5.84 Å². The minimum Gasteiger partial charge on any atom is -0.384 e. The molecule has 110 valence electrons. The SMILES string of the molecule is N=C(N)c1cc(C(F)(F)F)ccc1Sc1cccc(F)c1. The van der Waals surface area contributed by atoms with Gasteiger partial charge in [0.15, 0.2) is 0 Å². The van der Waals surface area contributed by atoms with Crippen molar-refractivity contribution in [3.05, 3.63) is 59.4 Å². The maximum atomic E-state index is 13.1. The molecular formula is C14H10F4N2S. The van der Waals surface area contributed by atoms with Gasteiger partial charge in [-0.05, 0) is 36.4 Å². The molecule has 0 fully saturated rings. The summed E-state index contributed by atoms with van der Waals surface area (Å²) in [6.07, 6.45) is -4.51. The van der Waals surface area contributed by atoms with Crippen molar-refractivity contribution in [3.8, 4) is 0 Å². The second-order valence-electron chi connectivity index (χ2n) is 4.18. The van der Waals surface area contributed by atoms with Gasteiger partial charge in [0.1, 0.15) is 11.7 Å². The number of amidine groups is 1. The molecule has 7 heteroatoms. The summed E-state index contributed by atoms with van der Waals surface area (Å²) in [5.41, 5.74) is 4.43. The van der Waals surface area contributed by atoms with Crippen LogP contribution in [0, 0.1) is 11.2 Å². The van der Waals surface area contributed by atoms with Crippen LogP contribution in [0.4, 0.5) is 17.6 Å². The molecule has 0 aliphatic heterocycles. The minimum atomic E-state index is -4.51. The van der Waals surface area contributed by atoms with Gasteiger partial charge in [-0.25, -0.2) is 4.39 Å². The van der Waals surface area contributed by atoms with Gasteiger partial charge in [-0.15, -0.1) is 0 Å². The summed E-state index contributed by atoms with van der Waals surface area (Å²) in [4.78, 5) is 0.873. The van der Waals surface area contributed by atoms with Crippen LogP contribution in [0.1, 0.15) is 11.1 Å². The second-order valence-corrected chi connectivity index (χ2v) is 5.30. The van der Waals surface area contributed by atoms with E-state index in [0.29, 0.717) is 9.79 Å². The predicted molar refractivity (Wildman–Crippen MR) is 73.0 cm³/mol. The molecule has 0 amide bonds. The zero-order valence-corrected chi connectivity index (χ0v) is 11.4. The van der Waals surface area contributed by atoms with Crippen LogP contribution in [0.5, 0.6) is 0 Å². The molecule has 2 aromatic rings. The third-order valence-electron chi connectivity index (χ3n) is 2.62. The van der Waals surface area contributed by atoms with E-state index in [1.54, 1.807) is 6.07 Å². The summed E-state index contributed by atoms with van der Waals surface area (Å²) in [5.74, 6) is -0.920. The van der Waals surface area contributed by atoms with Gasteiger partial charge in [0.25, 0.3) is 0 Å². The van der Waals surface area contributed by atoms with E-state index < -0.39 is 23.4 Å². The molecule has 0 saturated heterocycles. The first-order valence-electron chi connectivity index (χ1n) is 5.76. The monoisotopic (exact) mass is 314 g/mol. The summed E-state index contributed by atoms with van der Waals surface area (Å²) >= 11 is 1.05. The van der Waals surface area contributed by atoms with Crippen molar-refractivity contribution in [1.82, 2.24) is 0 Å². The van der Waals surface area contributed by atoms with E-state index in [-0.39, 0.29) is 5.56 Å². The lowest BCUT2D eigenvalue weighted by atomic mass is 10.1. The van der Waals surface area contributed by atoms with E-state index in [2.05, 4.69) is 0 Å². The number of nitrogen functional groups attached to an aromatic ring is 1. The van der Waals surface area contributed by atoms with Gasteiger partial charge in [-0.2, -0.15) is 13.2 Å². The maximum absolute atomic E-state index is 13.1. The number of nitrogens with two attached hydrogens (primary N) is 1. The number of hydrogen-bond acceptors (Lipinski definition) is 2. The summed E-state index contributed by atoms with van der Waals surface area (Å²) in [6, 6.07) is 8.60. The first-order valence-corrected chi connectivity index (χ1v) is 6.58. The summed E-state index contributed by atoms with van der Waals surface area (Å²) in [6.45, 7) is 0. The Morgan fingerprint density at radius 2 is 1.81 bits per heavy atom. The van der Waals surface area contributed by atoms with Gasteiger partial charge in [0, 0.05) is 15.4 Å². The van der Waals surface area contributed by atoms with Gasteiger partial charge in [0.05, 0.1) is 5.56 Å². The van der Waals surface area contributed by atoms with Gasteiger partial charge in [-0.1, -0.05) is 17.8 Å². The zero-order chi connectivity index (χ0) is 15.6. The average Bonchev–Trinajstić information content (AvgIpc) is 2.37. The molecule has 2 nitrogen and oxygen atoms in total. The molecule has 2 rings (SSSR count). The lowest BCUT2D eigenvalue weighted by Crippen LogP contribution is -2.14. The van der Waals surface area contributed by atoms with Crippen LogP contribution in [0.15, 0.2) is 52.3 Å². The molecule has 2 aromatic carbocycles. The highest BCUT2D eigenvalue weighted by Crippen LogP contribution is 2.35. The molecule has 0 unspecified atom stereocenters. The Morgan fingerprint density at radius 3 is 2.38 bits per heavy atom.